The molecule has 0 heterocycles. The largest absolute Gasteiger partial charge is 0.126 e. The van der Waals surface area contributed by atoms with Gasteiger partial charge in [0, 0.05) is 5.88 Å². The van der Waals surface area contributed by atoms with Crippen LogP contribution in [-0.4, -0.2) is 5.88 Å². The monoisotopic (exact) mass is 294 g/mol. The summed E-state index contributed by atoms with van der Waals surface area (Å²) >= 11 is 6.22. The van der Waals surface area contributed by atoms with E-state index < -0.39 is 0 Å². The molecule has 0 aromatic heterocycles. The zero-order valence-corrected chi connectivity index (χ0v) is 12.8. The van der Waals surface area contributed by atoms with Gasteiger partial charge in [0.1, 0.15) is 0 Å². The van der Waals surface area contributed by atoms with E-state index in [1.807, 2.05) is 0 Å². The summed E-state index contributed by atoms with van der Waals surface area (Å²) in [5.74, 6) is 1.16. The summed E-state index contributed by atoms with van der Waals surface area (Å²) in [6, 6.07) is 25.7. The number of rotatable bonds is 5. The van der Waals surface area contributed by atoms with Crippen molar-refractivity contribution in [3.63, 3.8) is 0 Å². The van der Waals surface area contributed by atoms with Crippen LogP contribution in [0.15, 0.2) is 72.8 Å². The molecule has 0 N–H and O–H groups in total. The van der Waals surface area contributed by atoms with Gasteiger partial charge in [0.25, 0.3) is 0 Å². The summed E-state index contributed by atoms with van der Waals surface area (Å²) in [5, 5.41) is 2.66. The molecule has 0 saturated heterocycles. The average molecular weight is 295 g/mol. The number of hydrogen-bond acceptors (Lipinski definition) is 0. The highest BCUT2D eigenvalue weighted by molar-refractivity contribution is 6.18. The predicted octanol–water partition coefficient (Wildman–Crippen LogP) is 5.48. The minimum atomic E-state index is 0.472. The molecule has 0 nitrogen and oxygen atoms in total. The third kappa shape index (κ3) is 3.46. The van der Waals surface area contributed by atoms with Crippen molar-refractivity contribution in [1.29, 1.82) is 0 Å². The Balaban J connectivity index is 1.82. The molecule has 0 amide bonds. The average Bonchev–Trinajstić information content (AvgIpc) is 2.55. The van der Waals surface area contributed by atoms with Gasteiger partial charge in [0.15, 0.2) is 0 Å². The lowest BCUT2D eigenvalue weighted by Gasteiger charge is -2.15. The molecule has 106 valence electrons. The second-order valence-electron chi connectivity index (χ2n) is 5.55. The van der Waals surface area contributed by atoms with Crippen LogP contribution < -0.4 is 0 Å². The van der Waals surface area contributed by atoms with Crippen LogP contribution in [0.3, 0.4) is 0 Å². The number of fused-ring (bicyclic) bond motifs is 1. The van der Waals surface area contributed by atoms with Gasteiger partial charge in [-0.05, 0) is 40.7 Å². The first kappa shape index (κ1) is 14.2. The van der Waals surface area contributed by atoms with Crippen molar-refractivity contribution in [2.24, 2.45) is 5.92 Å². The number of hydrogen-bond donors (Lipinski definition) is 0. The molecule has 0 fully saturated rings. The zero-order chi connectivity index (χ0) is 14.5. The van der Waals surface area contributed by atoms with Crippen LogP contribution >= 0.6 is 11.6 Å². The lowest BCUT2D eigenvalue weighted by atomic mass is 9.91. The van der Waals surface area contributed by atoms with E-state index in [1.165, 1.54) is 21.9 Å². The molecule has 21 heavy (non-hydrogen) atoms. The zero-order valence-electron chi connectivity index (χ0n) is 12.0. The van der Waals surface area contributed by atoms with Crippen LogP contribution in [0.4, 0.5) is 0 Å². The Morgan fingerprint density at radius 2 is 1.43 bits per heavy atom. The molecule has 0 bridgehead atoms. The van der Waals surface area contributed by atoms with Crippen molar-refractivity contribution in [3.05, 3.63) is 83.9 Å². The number of alkyl halides is 1. The van der Waals surface area contributed by atoms with E-state index in [-0.39, 0.29) is 0 Å². The van der Waals surface area contributed by atoms with E-state index in [0.29, 0.717) is 11.8 Å². The normalized spacial score (nSPS) is 12.4. The van der Waals surface area contributed by atoms with Crippen LogP contribution in [0.25, 0.3) is 10.8 Å². The topological polar surface area (TPSA) is 0 Å². The van der Waals surface area contributed by atoms with Gasteiger partial charge in [-0.1, -0.05) is 72.8 Å². The Morgan fingerprint density at radius 1 is 0.714 bits per heavy atom. The molecule has 3 aromatic carbocycles. The van der Waals surface area contributed by atoms with Crippen LogP contribution in [-0.2, 0) is 12.8 Å². The Kier molecular flexibility index (Phi) is 4.57. The van der Waals surface area contributed by atoms with E-state index in [1.54, 1.807) is 0 Å². The second kappa shape index (κ2) is 6.78. The first-order chi connectivity index (χ1) is 10.4. The third-order valence-corrected chi connectivity index (χ3v) is 4.41. The lowest BCUT2D eigenvalue weighted by Crippen LogP contribution is -2.10. The smallest absolute Gasteiger partial charge is 0.0258 e. The maximum absolute atomic E-state index is 6.22. The van der Waals surface area contributed by atoms with Crippen LogP contribution in [0.5, 0.6) is 0 Å². The molecular weight excluding hydrogens is 276 g/mol. The number of benzene rings is 3. The summed E-state index contributed by atoms with van der Waals surface area (Å²) in [5.41, 5.74) is 2.76. The summed E-state index contributed by atoms with van der Waals surface area (Å²) in [4.78, 5) is 0. The standard InChI is InChI=1S/C20H19Cl/c21-15-17(13-16-7-2-1-3-8-16)14-19-11-6-10-18-9-4-5-12-20(18)19/h1-12,17H,13-15H2. The lowest BCUT2D eigenvalue weighted by molar-refractivity contribution is 0.586. The van der Waals surface area contributed by atoms with E-state index in [9.17, 15) is 0 Å². The van der Waals surface area contributed by atoms with Gasteiger partial charge >= 0.3 is 0 Å². The Labute approximate surface area is 131 Å². The van der Waals surface area contributed by atoms with Gasteiger partial charge in [-0.15, -0.1) is 11.6 Å². The molecule has 1 atom stereocenters. The second-order valence-corrected chi connectivity index (χ2v) is 5.86. The molecular formula is C20H19Cl. The maximum Gasteiger partial charge on any atom is 0.0258 e. The molecule has 3 aromatic rings. The molecule has 1 unspecified atom stereocenters. The quantitative estimate of drug-likeness (QED) is 0.547. The number of halogens is 1. The maximum atomic E-state index is 6.22. The fraction of sp³-hybridized carbons (Fsp3) is 0.200. The van der Waals surface area contributed by atoms with Crippen molar-refractivity contribution in [3.8, 4) is 0 Å². The van der Waals surface area contributed by atoms with Gasteiger partial charge in [-0.3, -0.25) is 0 Å². The van der Waals surface area contributed by atoms with Gasteiger partial charge in [-0.25, -0.2) is 0 Å². The van der Waals surface area contributed by atoms with Gasteiger partial charge in [0.2, 0.25) is 0 Å². The van der Waals surface area contributed by atoms with Crippen LogP contribution in [0.2, 0.25) is 0 Å². The van der Waals surface area contributed by atoms with Crippen molar-refractivity contribution in [1.82, 2.24) is 0 Å². The highest BCUT2D eigenvalue weighted by Gasteiger charge is 2.11. The Hall–Kier alpha value is -1.79. The molecule has 0 aliphatic carbocycles. The summed E-state index contributed by atoms with van der Waals surface area (Å²) in [7, 11) is 0. The summed E-state index contributed by atoms with van der Waals surface area (Å²) < 4.78 is 0. The predicted molar refractivity (Wildman–Crippen MR) is 92.0 cm³/mol. The third-order valence-electron chi connectivity index (χ3n) is 3.97. The fourth-order valence-corrected chi connectivity index (χ4v) is 3.13. The SMILES string of the molecule is ClCC(Cc1ccccc1)Cc1cccc2ccccc12. The van der Waals surface area contributed by atoms with E-state index in [2.05, 4.69) is 72.8 Å². The van der Waals surface area contributed by atoms with Gasteiger partial charge in [0.05, 0.1) is 0 Å². The molecule has 0 spiro atoms. The van der Waals surface area contributed by atoms with E-state index in [0.717, 1.165) is 12.8 Å². The highest BCUT2D eigenvalue weighted by Crippen LogP contribution is 2.23. The van der Waals surface area contributed by atoms with Crippen molar-refractivity contribution in [2.45, 2.75) is 12.8 Å². The highest BCUT2D eigenvalue weighted by atomic mass is 35.5. The summed E-state index contributed by atoms with van der Waals surface area (Å²) in [6.45, 7) is 0. The minimum absolute atomic E-state index is 0.472. The first-order valence-corrected chi connectivity index (χ1v) is 7.97. The Bertz CT molecular complexity index is 698. The van der Waals surface area contributed by atoms with Crippen LogP contribution in [0.1, 0.15) is 11.1 Å². The molecule has 0 aliphatic rings. The summed E-state index contributed by atoms with van der Waals surface area (Å²) in [6.07, 6.45) is 2.06. The van der Waals surface area contributed by atoms with Gasteiger partial charge < -0.3 is 0 Å². The van der Waals surface area contributed by atoms with Crippen molar-refractivity contribution >= 4 is 22.4 Å². The van der Waals surface area contributed by atoms with Crippen molar-refractivity contribution < 1.29 is 0 Å². The molecule has 0 saturated carbocycles. The first-order valence-electron chi connectivity index (χ1n) is 7.43. The molecule has 3 rings (SSSR count). The molecule has 1 heteroatoms. The fourth-order valence-electron chi connectivity index (χ4n) is 2.91. The molecule has 0 radical (unpaired) electrons. The van der Waals surface area contributed by atoms with E-state index >= 15 is 0 Å². The van der Waals surface area contributed by atoms with Crippen molar-refractivity contribution in [2.75, 3.05) is 5.88 Å². The van der Waals surface area contributed by atoms with E-state index in [4.69, 9.17) is 11.6 Å². The van der Waals surface area contributed by atoms with Crippen LogP contribution in [0, 0.1) is 5.92 Å². The Morgan fingerprint density at radius 3 is 2.24 bits per heavy atom. The van der Waals surface area contributed by atoms with Gasteiger partial charge in [-0.2, -0.15) is 0 Å². The minimum Gasteiger partial charge on any atom is -0.126 e. The molecule has 0 aliphatic heterocycles.